The van der Waals surface area contributed by atoms with E-state index in [4.69, 9.17) is 4.74 Å². The van der Waals surface area contributed by atoms with E-state index in [-0.39, 0.29) is 0 Å². The van der Waals surface area contributed by atoms with Crippen molar-refractivity contribution in [3.63, 3.8) is 0 Å². The number of benzene rings is 9. The van der Waals surface area contributed by atoms with E-state index in [2.05, 4.69) is 217 Å². The highest BCUT2D eigenvalue weighted by Crippen LogP contribution is 2.62. The lowest BCUT2D eigenvalue weighted by Gasteiger charge is -2.39. The summed E-state index contributed by atoms with van der Waals surface area (Å²) >= 11 is 0. The third kappa shape index (κ3) is 4.82. The van der Waals surface area contributed by atoms with Gasteiger partial charge in [0, 0.05) is 28.2 Å². The van der Waals surface area contributed by atoms with Gasteiger partial charge < -0.3 is 9.64 Å². The quantitative estimate of drug-likeness (QED) is 0.177. The molecular weight excluding hydrogens is 667 g/mol. The molecule has 0 N–H and O–H groups in total. The molecule has 0 saturated carbocycles. The Morgan fingerprint density at radius 1 is 0.327 bits per heavy atom. The van der Waals surface area contributed by atoms with Gasteiger partial charge in [-0.1, -0.05) is 158 Å². The van der Waals surface area contributed by atoms with E-state index >= 15 is 0 Å². The molecule has 11 rings (SSSR count). The van der Waals surface area contributed by atoms with Crippen LogP contribution in [-0.2, 0) is 5.41 Å². The first-order chi connectivity index (χ1) is 27.3. The maximum Gasteiger partial charge on any atom is 0.132 e. The van der Waals surface area contributed by atoms with Gasteiger partial charge in [0.15, 0.2) is 0 Å². The first kappa shape index (κ1) is 31.4. The van der Waals surface area contributed by atoms with Crippen LogP contribution in [0.25, 0.3) is 44.2 Å². The highest BCUT2D eigenvalue weighted by molar-refractivity contribution is 5.99. The number of ether oxygens (including phenoxy) is 1. The first-order valence-corrected chi connectivity index (χ1v) is 18.9. The van der Waals surface area contributed by atoms with Crippen molar-refractivity contribution in [1.82, 2.24) is 0 Å². The molecule has 0 radical (unpaired) electrons. The van der Waals surface area contributed by atoms with Crippen molar-refractivity contribution in [3.8, 4) is 44.9 Å². The Bertz CT molecular complexity index is 2850. The van der Waals surface area contributed by atoms with E-state index in [1.165, 1.54) is 66.4 Å². The van der Waals surface area contributed by atoms with Crippen molar-refractivity contribution in [2.45, 2.75) is 5.41 Å². The van der Waals surface area contributed by atoms with Gasteiger partial charge in [-0.15, -0.1) is 0 Å². The predicted octanol–water partition coefficient (Wildman–Crippen LogP) is 14.1. The van der Waals surface area contributed by atoms with Crippen molar-refractivity contribution < 1.29 is 4.74 Å². The summed E-state index contributed by atoms with van der Waals surface area (Å²) in [5.74, 6) is 1.81. The molecule has 2 aliphatic rings. The van der Waals surface area contributed by atoms with E-state index in [9.17, 15) is 0 Å². The number of fused-ring (bicyclic) bond motifs is 10. The summed E-state index contributed by atoms with van der Waals surface area (Å²) in [6, 6.07) is 76.8. The lowest BCUT2D eigenvalue weighted by atomic mass is 9.66. The second-order valence-corrected chi connectivity index (χ2v) is 14.4. The summed E-state index contributed by atoms with van der Waals surface area (Å²) in [6.07, 6.45) is 0. The van der Waals surface area contributed by atoms with Crippen molar-refractivity contribution >= 4 is 27.8 Å². The van der Waals surface area contributed by atoms with Crippen LogP contribution in [0.3, 0.4) is 0 Å². The molecule has 0 atom stereocenters. The lowest BCUT2D eigenvalue weighted by molar-refractivity contribution is 0.436. The molecular formula is C53H35NO. The van der Waals surface area contributed by atoms with Crippen LogP contribution in [0.4, 0.5) is 17.1 Å². The van der Waals surface area contributed by atoms with E-state index in [0.29, 0.717) is 0 Å². The number of hydrogen-bond donors (Lipinski definition) is 0. The number of anilines is 3. The molecule has 258 valence electrons. The second-order valence-electron chi connectivity index (χ2n) is 14.4. The molecule has 9 aromatic rings. The highest BCUT2D eigenvalue weighted by atomic mass is 16.5. The largest absolute Gasteiger partial charge is 0.457 e. The highest BCUT2D eigenvalue weighted by Gasteiger charge is 2.51. The summed E-state index contributed by atoms with van der Waals surface area (Å²) in [7, 11) is 0. The molecule has 1 aliphatic carbocycles. The SMILES string of the molecule is c1ccc(-c2ccc3c(-c4ccc(N(c5ccccc5)c5ccc6c(c5)-c5ccccc5C65c6ccccc6Oc6ccccc65)cc4)cccc3c2)cc1. The molecule has 9 aromatic carbocycles. The number of nitrogens with zero attached hydrogens (tertiary/aromatic N) is 1. The maximum absolute atomic E-state index is 6.55. The van der Waals surface area contributed by atoms with Gasteiger partial charge in [0.2, 0.25) is 0 Å². The minimum Gasteiger partial charge on any atom is -0.457 e. The molecule has 0 unspecified atom stereocenters. The second kappa shape index (κ2) is 12.5. The van der Waals surface area contributed by atoms with Crippen LogP contribution in [0.15, 0.2) is 212 Å². The fraction of sp³-hybridized carbons (Fsp3) is 0.0189. The van der Waals surface area contributed by atoms with E-state index in [0.717, 1.165) is 28.6 Å². The molecule has 1 aliphatic heterocycles. The van der Waals surface area contributed by atoms with Gasteiger partial charge in [-0.25, -0.2) is 0 Å². The Morgan fingerprint density at radius 3 is 1.64 bits per heavy atom. The Kier molecular flexibility index (Phi) is 7.11. The molecule has 0 aromatic heterocycles. The fourth-order valence-electron chi connectivity index (χ4n) is 9.15. The zero-order valence-electron chi connectivity index (χ0n) is 30.1. The van der Waals surface area contributed by atoms with Gasteiger partial charge in [-0.2, -0.15) is 0 Å². The van der Waals surface area contributed by atoms with E-state index in [1.54, 1.807) is 0 Å². The van der Waals surface area contributed by atoms with Crippen molar-refractivity contribution in [3.05, 3.63) is 235 Å². The van der Waals surface area contributed by atoms with Gasteiger partial charge >= 0.3 is 0 Å². The Balaban J connectivity index is 1.04. The molecule has 0 bridgehead atoms. The van der Waals surface area contributed by atoms with Crippen molar-refractivity contribution in [2.75, 3.05) is 4.90 Å². The number of rotatable bonds is 5. The minimum absolute atomic E-state index is 0.491. The summed E-state index contributed by atoms with van der Waals surface area (Å²) in [6.45, 7) is 0. The fourth-order valence-corrected chi connectivity index (χ4v) is 9.15. The van der Waals surface area contributed by atoms with Crippen LogP contribution < -0.4 is 9.64 Å². The van der Waals surface area contributed by atoms with Crippen LogP contribution >= 0.6 is 0 Å². The van der Waals surface area contributed by atoms with Gasteiger partial charge in [-0.05, 0) is 110 Å². The zero-order valence-corrected chi connectivity index (χ0v) is 30.1. The first-order valence-electron chi connectivity index (χ1n) is 18.9. The molecule has 2 heteroatoms. The Hall–Kier alpha value is -7.16. The van der Waals surface area contributed by atoms with Crippen LogP contribution in [0.2, 0.25) is 0 Å². The third-order valence-corrected chi connectivity index (χ3v) is 11.5. The molecule has 55 heavy (non-hydrogen) atoms. The summed E-state index contributed by atoms with van der Waals surface area (Å²) in [4.78, 5) is 2.37. The van der Waals surface area contributed by atoms with Gasteiger partial charge in [0.1, 0.15) is 11.5 Å². The number of hydrogen-bond acceptors (Lipinski definition) is 2. The molecule has 0 saturated heterocycles. The van der Waals surface area contributed by atoms with Crippen LogP contribution in [0, 0.1) is 0 Å². The zero-order chi connectivity index (χ0) is 36.3. The monoisotopic (exact) mass is 701 g/mol. The van der Waals surface area contributed by atoms with Crippen molar-refractivity contribution in [2.24, 2.45) is 0 Å². The van der Waals surface area contributed by atoms with Gasteiger partial charge in [0.25, 0.3) is 0 Å². The smallest absolute Gasteiger partial charge is 0.132 e. The topological polar surface area (TPSA) is 12.5 Å². The van der Waals surface area contributed by atoms with Crippen LogP contribution in [0.1, 0.15) is 22.3 Å². The minimum atomic E-state index is -0.491. The standard InChI is InChI=1S/C53H35NO/c1-3-14-36(15-4-1)38-28-32-44-39(34-38)16-13-20-43(44)37-26-29-41(30-27-37)54(40-17-5-2-6-18-40)42-31-33-48-46(35-42)45-19-7-8-21-47(45)53(48)49-22-9-11-24-51(49)55-52-25-12-10-23-50(52)53/h1-35H. The molecule has 1 heterocycles. The van der Waals surface area contributed by atoms with E-state index in [1.807, 2.05) is 0 Å². The van der Waals surface area contributed by atoms with Gasteiger partial charge in [0.05, 0.1) is 5.41 Å². The summed E-state index contributed by atoms with van der Waals surface area (Å²) in [5.41, 5.74) is 15.1. The average molecular weight is 702 g/mol. The van der Waals surface area contributed by atoms with E-state index < -0.39 is 5.41 Å². The lowest BCUT2D eigenvalue weighted by Crippen LogP contribution is -2.32. The Labute approximate surface area is 321 Å². The summed E-state index contributed by atoms with van der Waals surface area (Å²) in [5, 5.41) is 2.48. The average Bonchev–Trinajstić information content (AvgIpc) is 3.54. The van der Waals surface area contributed by atoms with Crippen LogP contribution in [0.5, 0.6) is 11.5 Å². The summed E-state index contributed by atoms with van der Waals surface area (Å²) < 4.78 is 6.55. The molecule has 0 amide bonds. The molecule has 0 fully saturated rings. The normalized spacial score (nSPS) is 13.0. The predicted molar refractivity (Wildman–Crippen MR) is 227 cm³/mol. The molecule has 2 nitrogen and oxygen atoms in total. The number of para-hydroxylation sites is 3. The van der Waals surface area contributed by atoms with Gasteiger partial charge in [-0.3, -0.25) is 0 Å². The third-order valence-electron chi connectivity index (χ3n) is 11.5. The maximum atomic E-state index is 6.55. The van der Waals surface area contributed by atoms with Crippen molar-refractivity contribution in [1.29, 1.82) is 0 Å². The Morgan fingerprint density at radius 2 is 0.891 bits per heavy atom. The molecule has 1 spiro atoms. The van der Waals surface area contributed by atoms with Crippen LogP contribution in [-0.4, -0.2) is 0 Å².